The third-order valence-corrected chi connectivity index (χ3v) is 3.28. The Kier molecular flexibility index (Phi) is 3.42. The van der Waals surface area contributed by atoms with Gasteiger partial charge in [-0.1, -0.05) is 0 Å². The van der Waals surface area contributed by atoms with Crippen molar-refractivity contribution >= 4 is 5.97 Å². The van der Waals surface area contributed by atoms with Crippen LogP contribution in [0, 0.1) is 12.7 Å². The van der Waals surface area contributed by atoms with Crippen LogP contribution in [-0.4, -0.2) is 25.8 Å². The van der Waals surface area contributed by atoms with Gasteiger partial charge in [-0.3, -0.25) is 4.98 Å². The number of halogens is 1. The molecule has 0 spiro atoms. The Labute approximate surface area is 125 Å². The van der Waals surface area contributed by atoms with E-state index in [1.165, 1.54) is 16.8 Å². The highest BCUT2D eigenvalue weighted by Gasteiger charge is 2.23. The fourth-order valence-corrected chi connectivity index (χ4v) is 2.32. The van der Waals surface area contributed by atoms with Crippen LogP contribution in [0.2, 0.25) is 0 Å². The molecular weight excluding hydrogens is 285 g/mol. The van der Waals surface area contributed by atoms with E-state index in [9.17, 15) is 14.3 Å². The second-order valence-electron chi connectivity index (χ2n) is 4.74. The minimum Gasteiger partial charge on any atom is -0.478 e. The summed E-state index contributed by atoms with van der Waals surface area (Å²) >= 11 is 0. The van der Waals surface area contributed by atoms with Crippen molar-refractivity contribution in [2.75, 3.05) is 0 Å². The van der Waals surface area contributed by atoms with Crippen LogP contribution < -0.4 is 0 Å². The zero-order valence-electron chi connectivity index (χ0n) is 11.7. The number of benzene rings is 1. The fourth-order valence-electron chi connectivity index (χ4n) is 2.32. The van der Waals surface area contributed by atoms with Gasteiger partial charge in [0.2, 0.25) is 0 Å². The van der Waals surface area contributed by atoms with Gasteiger partial charge in [0, 0.05) is 18.0 Å². The summed E-state index contributed by atoms with van der Waals surface area (Å²) in [5, 5.41) is 13.8. The first kappa shape index (κ1) is 13.9. The predicted octanol–water partition coefficient (Wildman–Crippen LogP) is 3.08. The first-order valence-electron chi connectivity index (χ1n) is 6.57. The Balaban J connectivity index is 2.29. The van der Waals surface area contributed by atoms with Crippen LogP contribution in [0.3, 0.4) is 0 Å². The van der Waals surface area contributed by atoms with E-state index >= 15 is 0 Å². The molecule has 3 rings (SSSR count). The second kappa shape index (κ2) is 5.40. The number of aromatic nitrogens is 3. The van der Waals surface area contributed by atoms with E-state index in [2.05, 4.69) is 10.1 Å². The van der Waals surface area contributed by atoms with E-state index in [0.29, 0.717) is 22.6 Å². The van der Waals surface area contributed by atoms with E-state index in [4.69, 9.17) is 0 Å². The lowest BCUT2D eigenvalue weighted by Gasteiger charge is -2.08. The summed E-state index contributed by atoms with van der Waals surface area (Å²) < 4.78 is 14.6. The highest BCUT2D eigenvalue weighted by atomic mass is 19.1. The zero-order chi connectivity index (χ0) is 15.7. The minimum atomic E-state index is -1.07. The molecule has 0 saturated carbocycles. The van der Waals surface area contributed by atoms with Crippen LogP contribution in [0.4, 0.5) is 4.39 Å². The normalized spacial score (nSPS) is 10.6. The summed E-state index contributed by atoms with van der Waals surface area (Å²) in [7, 11) is 0. The molecule has 0 fully saturated rings. The molecule has 0 aliphatic rings. The SMILES string of the molecule is Cc1nn(-c2ccc(F)cc2)c(-c2cccnc2)c1C(=O)O. The van der Waals surface area contributed by atoms with Crippen LogP contribution in [-0.2, 0) is 0 Å². The molecule has 2 aromatic heterocycles. The van der Waals surface area contributed by atoms with Crippen molar-refractivity contribution < 1.29 is 14.3 Å². The third-order valence-electron chi connectivity index (χ3n) is 3.28. The van der Waals surface area contributed by atoms with Crippen molar-refractivity contribution in [3.8, 4) is 16.9 Å². The molecule has 0 radical (unpaired) electrons. The number of carboxylic acids is 1. The largest absolute Gasteiger partial charge is 0.478 e. The van der Waals surface area contributed by atoms with Gasteiger partial charge in [-0.05, 0) is 43.3 Å². The Morgan fingerprint density at radius 3 is 2.55 bits per heavy atom. The van der Waals surface area contributed by atoms with Gasteiger partial charge in [0.1, 0.15) is 11.4 Å². The van der Waals surface area contributed by atoms with E-state index in [1.54, 1.807) is 43.6 Å². The molecule has 0 amide bonds. The van der Waals surface area contributed by atoms with E-state index < -0.39 is 5.97 Å². The summed E-state index contributed by atoms with van der Waals surface area (Å²) in [5.41, 5.74) is 2.12. The molecular formula is C16H12FN3O2. The van der Waals surface area contributed by atoms with Crippen molar-refractivity contribution in [3.63, 3.8) is 0 Å². The number of nitrogens with zero attached hydrogens (tertiary/aromatic N) is 3. The van der Waals surface area contributed by atoms with Crippen LogP contribution in [0.15, 0.2) is 48.8 Å². The number of hydrogen-bond acceptors (Lipinski definition) is 3. The third kappa shape index (κ3) is 2.35. The van der Waals surface area contributed by atoms with Gasteiger partial charge in [-0.25, -0.2) is 13.9 Å². The minimum absolute atomic E-state index is 0.109. The lowest BCUT2D eigenvalue weighted by atomic mass is 10.1. The summed E-state index contributed by atoms with van der Waals surface area (Å²) in [6, 6.07) is 9.19. The highest BCUT2D eigenvalue weighted by molar-refractivity contribution is 5.96. The molecule has 1 aromatic carbocycles. The number of aryl methyl sites for hydroxylation is 1. The van der Waals surface area contributed by atoms with Crippen molar-refractivity contribution in [2.45, 2.75) is 6.92 Å². The molecule has 2 heterocycles. The first-order chi connectivity index (χ1) is 10.6. The fraction of sp³-hybridized carbons (Fsp3) is 0.0625. The average Bonchev–Trinajstić information content (AvgIpc) is 2.86. The molecule has 0 aliphatic carbocycles. The predicted molar refractivity (Wildman–Crippen MR) is 78.4 cm³/mol. The number of carbonyl (C=O) groups is 1. The first-order valence-corrected chi connectivity index (χ1v) is 6.57. The summed E-state index contributed by atoms with van der Waals surface area (Å²) in [6.07, 6.45) is 3.18. The van der Waals surface area contributed by atoms with E-state index in [-0.39, 0.29) is 11.4 Å². The molecule has 0 bridgehead atoms. The topological polar surface area (TPSA) is 68.0 Å². The van der Waals surface area contributed by atoms with Crippen molar-refractivity contribution in [2.24, 2.45) is 0 Å². The molecule has 0 atom stereocenters. The van der Waals surface area contributed by atoms with Gasteiger partial charge in [-0.15, -0.1) is 0 Å². The van der Waals surface area contributed by atoms with Gasteiger partial charge in [0.05, 0.1) is 17.1 Å². The number of pyridine rings is 1. The van der Waals surface area contributed by atoms with Gasteiger partial charge < -0.3 is 5.11 Å². The van der Waals surface area contributed by atoms with Crippen LogP contribution >= 0.6 is 0 Å². The number of hydrogen-bond donors (Lipinski definition) is 1. The highest BCUT2D eigenvalue weighted by Crippen LogP contribution is 2.28. The molecule has 3 aromatic rings. The van der Waals surface area contributed by atoms with Crippen molar-refractivity contribution in [3.05, 3.63) is 65.9 Å². The molecule has 0 saturated heterocycles. The molecule has 1 N–H and O–H groups in total. The Morgan fingerprint density at radius 2 is 1.95 bits per heavy atom. The molecule has 0 unspecified atom stereocenters. The second-order valence-corrected chi connectivity index (χ2v) is 4.74. The van der Waals surface area contributed by atoms with Gasteiger partial charge in [-0.2, -0.15) is 5.10 Å². The standard InChI is InChI=1S/C16H12FN3O2/c1-10-14(16(21)22)15(11-3-2-8-18-9-11)20(19-10)13-6-4-12(17)5-7-13/h2-9H,1H3,(H,21,22). The smallest absolute Gasteiger partial charge is 0.339 e. The van der Waals surface area contributed by atoms with Gasteiger partial charge in [0.25, 0.3) is 0 Å². The Bertz CT molecular complexity index is 827. The zero-order valence-corrected chi connectivity index (χ0v) is 11.7. The van der Waals surface area contributed by atoms with Crippen molar-refractivity contribution in [1.29, 1.82) is 0 Å². The summed E-state index contributed by atoms with van der Waals surface area (Å²) in [5.74, 6) is -1.43. The number of carboxylic acid groups (broad SMARTS) is 1. The maximum Gasteiger partial charge on any atom is 0.339 e. The molecule has 5 nitrogen and oxygen atoms in total. The monoisotopic (exact) mass is 297 g/mol. The summed E-state index contributed by atoms with van der Waals surface area (Å²) in [4.78, 5) is 15.6. The maximum absolute atomic E-state index is 13.1. The Hall–Kier alpha value is -3.02. The molecule has 6 heteroatoms. The average molecular weight is 297 g/mol. The number of aromatic carboxylic acids is 1. The van der Waals surface area contributed by atoms with Gasteiger partial charge >= 0.3 is 5.97 Å². The number of rotatable bonds is 3. The van der Waals surface area contributed by atoms with Gasteiger partial charge in [0.15, 0.2) is 0 Å². The molecule has 110 valence electrons. The van der Waals surface area contributed by atoms with Crippen LogP contribution in [0.1, 0.15) is 16.1 Å². The van der Waals surface area contributed by atoms with E-state index in [0.717, 1.165) is 0 Å². The Morgan fingerprint density at radius 1 is 1.23 bits per heavy atom. The maximum atomic E-state index is 13.1. The molecule has 22 heavy (non-hydrogen) atoms. The summed E-state index contributed by atoms with van der Waals surface area (Å²) in [6.45, 7) is 1.63. The van der Waals surface area contributed by atoms with Crippen LogP contribution in [0.25, 0.3) is 16.9 Å². The lowest BCUT2D eigenvalue weighted by Crippen LogP contribution is -2.03. The van der Waals surface area contributed by atoms with Crippen LogP contribution in [0.5, 0.6) is 0 Å². The quantitative estimate of drug-likeness (QED) is 0.806. The van der Waals surface area contributed by atoms with E-state index in [1.807, 2.05) is 0 Å². The molecule has 0 aliphatic heterocycles. The lowest BCUT2D eigenvalue weighted by molar-refractivity contribution is 0.0697. The van der Waals surface area contributed by atoms with Crippen molar-refractivity contribution in [1.82, 2.24) is 14.8 Å².